The minimum atomic E-state index is -0.259. The molecule has 0 spiro atoms. The first-order valence-corrected chi connectivity index (χ1v) is 8.06. The van der Waals surface area contributed by atoms with Crippen LogP contribution in [0.1, 0.15) is 29.2 Å². The van der Waals surface area contributed by atoms with Gasteiger partial charge >= 0.3 is 5.97 Å². The van der Waals surface area contributed by atoms with Gasteiger partial charge in [0.2, 0.25) is 0 Å². The summed E-state index contributed by atoms with van der Waals surface area (Å²) in [5.41, 5.74) is 3.42. The highest BCUT2D eigenvalue weighted by atomic mass is 79.9. The highest BCUT2D eigenvalue weighted by molar-refractivity contribution is 9.10. The number of halogens is 1. The number of benzene rings is 2. The van der Waals surface area contributed by atoms with Crippen LogP contribution in [0.4, 0.5) is 0 Å². The summed E-state index contributed by atoms with van der Waals surface area (Å²) in [5.74, 6) is 0.497. The van der Waals surface area contributed by atoms with Crippen LogP contribution >= 0.6 is 15.9 Å². The van der Waals surface area contributed by atoms with Gasteiger partial charge in [0.05, 0.1) is 13.5 Å². The summed E-state index contributed by atoms with van der Waals surface area (Å²) in [6, 6.07) is 14.0. The molecule has 0 saturated heterocycles. The van der Waals surface area contributed by atoms with Crippen molar-refractivity contribution in [3.8, 4) is 5.75 Å². The Balaban J connectivity index is 1.83. The molecule has 3 nitrogen and oxygen atoms in total. The molecule has 0 aromatic heterocycles. The van der Waals surface area contributed by atoms with E-state index in [1.165, 1.54) is 18.2 Å². The van der Waals surface area contributed by atoms with Crippen molar-refractivity contribution >= 4 is 21.9 Å². The van der Waals surface area contributed by atoms with Crippen LogP contribution in [0.15, 0.2) is 46.9 Å². The smallest absolute Gasteiger partial charge is 0.310 e. The number of aryl methyl sites for hydroxylation is 1. The minimum absolute atomic E-state index is 0.0336. The molecule has 0 aliphatic heterocycles. The highest BCUT2D eigenvalue weighted by Crippen LogP contribution is 2.37. The number of carbonyl (C=O) groups excluding carboxylic acids is 1. The molecule has 0 bridgehead atoms. The maximum absolute atomic E-state index is 11.5. The normalized spacial score (nSPS) is 16.2. The molecule has 0 N–H and O–H groups in total. The minimum Gasteiger partial charge on any atom is -0.485 e. The van der Waals surface area contributed by atoms with Gasteiger partial charge in [-0.3, -0.25) is 4.79 Å². The Morgan fingerprint density at radius 1 is 1.27 bits per heavy atom. The van der Waals surface area contributed by atoms with Crippen LogP contribution in [-0.2, 0) is 22.4 Å². The maximum atomic E-state index is 11.5. The van der Waals surface area contributed by atoms with Crippen molar-refractivity contribution in [3.05, 3.63) is 63.6 Å². The Morgan fingerprint density at radius 3 is 2.91 bits per heavy atom. The summed E-state index contributed by atoms with van der Waals surface area (Å²) in [7, 11) is 1.40. The van der Waals surface area contributed by atoms with Gasteiger partial charge in [0.1, 0.15) is 11.9 Å². The van der Waals surface area contributed by atoms with Crippen molar-refractivity contribution in [1.29, 1.82) is 0 Å². The Hall–Kier alpha value is -1.81. The van der Waals surface area contributed by atoms with E-state index in [0.29, 0.717) is 0 Å². The highest BCUT2D eigenvalue weighted by Gasteiger charge is 2.25. The molecule has 0 amide bonds. The molecule has 3 rings (SSSR count). The maximum Gasteiger partial charge on any atom is 0.310 e. The fourth-order valence-electron chi connectivity index (χ4n) is 2.80. The lowest BCUT2D eigenvalue weighted by Gasteiger charge is -2.17. The van der Waals surface area contributed by atoms with Gasteiger partial charge in [-0.05, 0) is 42.2 Å². The first kappa shape index (κ1) is 15.1. The van der Waals surface area contributed by atoms with Gasteiger partial charge in [-0.1, -0.05) is 40.2 Å². The largest absolute Gasteiger partial charge is 0.485 e. The fraction of sp³-hybridized carbons (Fsp3) is 0.278. The number of carbonyl (C=O) groups is 1. The number of esters is 1. The van der Waals surface area contributed by atoms with Crippen LogP contribution in [-0.4, -0.2) is 13.1 Å². The topological polar surface area (TPSA) is 35.5 Å². The average Bonchev–Trinajstić information content (AvgIpc) is 2.91. The van der Waals surface area contributed by atoms with Crippen molar-refractivity contribution in [1.82, 2.24) is 0 Å². The van der Waals surface area contributed by atoms with Gasteiger partial charge in [0.25, 0.3) is 0 Å². The van der Waals surface area contributed by atoms with Crippen molar-refractivity contribution in [2.75, 3.05) is 7.11 Å². The molecule has 0 unspecified atom stereocenters. The fourth-order valence-corrected chi connectivity index (χ4v) is 3.18. The molecular formula is C18H17BrO3. The van der Waals surface area contributed by atoms with Crippen molar-refractivity contribution in [2.45, 2.75) is 25.4 Å². The van der Waals surface area contributed by atoms with Crippen LogP contribution < -0.4 is 4.74 Å². The molecule has 0 radical (unpaired) electrons. The Bertz CT molecular complexity index is 696. The third-order valence-electron chi connectivity index (χ3n) is 3.93. The predicted octanol–water partition coefficient (Wildman–Crippen LogP) is 4.23. The first-order chi connectivity index (χ1) is 10.7. The summed E-state index contributed by atoms with van der Waals surface area (Å²) in [4.78, 5) is 11.5. The SMILES string of the molecule is COC(=O)Cc1ccccc1O[C@H]1CCc2ccc(Br)cc21. The van der Waals surface area contributed by atoms with E-state index in [2.05, 4.69) is 34.1 Å². The Kier molecular flexibility index (Phi) is 4.48. The number of fused-ring (bicyclic) bond motifs is 1. The molecule has 2 aromatic rings. The van der Waals surface area contributed by atoms with Crippen molar-refractivity contribution in [3.63, 3.8) is 0 Å². The first-order valence-electron chi connectivity index (χ1n) is 7.27. The van der Waals surface area contributed by atoms with E-state index >= 15 is 0 Å². The monoisotopic (exact) mass is 360 g/mol. The van der Waals surface area contributed by atoms with Crippen LogP contribution in [0.5, 0.6) is 5.75 Å². The number of hydrogen-bond acceptors (Lipinski definition) is 3. The zero-order chi connectivity index (χ0) is 15.5. The summed E-state index contributed by atoms with van der Waals surface area (Å²) in [6.07, 6.45) is 2.24. The summed E-state index contributed by atoms with van der Waals surface area (Å²) in [5, 5.41) is 0. The third-order valence-corrected chi connectivity index (χ3v) is 4.43. The summed E-state index contributed by atoms with van der Waals surface area (Å²) >= 11 is 3.52. The molecule has 1 aliphatic carbocycles. The molecule has 1 aliphatic rings. The number of methoxy groups -OCH3 is 1. The number of hydrogen-bond donors (Lipinski definition) is 0. The molecule has 0 saturated carbocycles. The second-order valence-electron chi connectivity index (χ2n) is 5.35. The lowest BCUT2D eigenvalue weighted by Crippen LogP contribution is -2.09. The van der Waals surface area contributed by atoms with Gasteiger partial charge in [-0.15, -0.1) is 0 Å². The standard InChI is InChI=1S/C18H17BrO3/c1-21-18(20)10-13-4-2-3-5-16(13)22-17-9-7-12-6-8-14(19)11-15(12)17/h2-6,8,11,17H,7,9-10H2,1H3/t17-/m0/s1. The van der Waals surface area contributed by atoms with Crippen LogP contribution in [0.3, 0.4) is 0 Å². The predicted molar refractivity (Wildman–Crippen MR) is 88.0 cm³/mol. The summed E-state index contributed by atoms with van der Waals surface area (Å²) < 4.78 is 12.0. The second kappa shape index (κ2) is 6.53. The van der Waals surface area contributed by atoms with E-state index in [4.69, 9.17) is 9.47 Å². The number of ether oxygens (including phenoxy) is 2. The molecular weight excluding hydrogens is 344 g/mol. The summed E-state index contributed by atoms with van der Waals surface area (Å²) in [6.45, 7) is 0. The van der Waals surface area contributed by atoms with Crippen LogP contribution in [0.25, 0.3) is 0 Å². The van der Waals surface area contributed by atoms with E-state index in [1.807, 2.05) is 24.3 Å². The quantitative estimate of drug-likeness (QED) is 0.765. The average molecular weight is 361 g/mol. The Labute approximate surface area is 138 Å². The molecule has 114 valence electrons. The van der Waals surface area contributed by atoms with E-state index < -0.39 is 0 Å². The lowest BCUT2D eigenvalue weighted by atomic mass is 10.1. The third kappa shape index (κ3) is 3.17. The van der Waals surface area contributed by atoms with Crippen molar-refractivity contribution in [2.24, 2.45) is 0 Å². The Morgan fingerprint density at radius 2 is 2.09 bits per heavy atom. The van der Waals surface area contributed by atoms with E-state index in [9.17, 15) is 4.79 Å². The number of para-hydroxylation sites is 1. The van der Waals surface area contributed by atoms with Gasteiger partial charge in [-0.25, -0.2) is 0 Å². The van der Waals surface area contributed by atoms with Gasteiger partial charge < -0.3 is 9.47 Å². The molecule has 1 atom stereocenters. The molecule has 0 heterocycles. The molecule has 4 heteroatoms. The van der Waals surface area contributed by atoms with E-state index in [0.717, 1.165) is 28.6 Å². The molecule has 0 fully saturated rings. The van der Waals surface area contributed by atoms with Crippen LogP contribution in [0.2, 0.25) is 0 Å². The van der Waals surface area contributed by atoms with Crippen molar-refractivity contribution < 1.29 is 14.3 Å². The zero-order valence-electron chi connectivity index (χ0n) is 12.3. The lowest BCUT2D eigenvalue weighted by molar-refractivity contribution is -0.139. The number of rotatable bonds is 4. The zero-order valence-corrected chi connectivity index (χ0v) is 13.9. The van der Waals surface area contributed by atoms with E-state index in [-0.39, 0.29) is 18.5 Å². The van der Waals surface area contributed by atoms with Gasteiger partial charge in [0.15, 0.2) is 0 Å². The van der Waals surface area contributed by atoms with E-state index in [1.54, 1.807) is 0 Å². The molecule has 2 aromatic carbocycles. The second-order valence-corrected chi connectivity index (χ2v) is 6.26. The molecule has 22 heavy (non-hydrogen) atoms. The van der Waals surface area contributed by atoms with Crippen LogP contribution in [0, 0.1) is 0 Å². The van der Waals surface area contributed by atoms with Gasteiger partial charge in [-0.2, -0.15) is 0 Å². The van der Waals surface area contributed by atoms with Gasteiger partial charge in [0, 0.05) is 10.0 Å².